The van der Waals surface area contributed by atoms with E-state index in [9.17, 15) is 0 Å². The van der Waals surface area contributed by atoms with E-state index in [0.717, 1.165) is 0 Å². The van der Waals surface area contributed by atoms with Gasteiger partial charge in [0.25, 0.3) is 0 Å². The first-order valence-corrected chi connectivity index (χ1v) is 19.7. The number of aromatic nitrogens is 2. The molecule has 3 heterocycles. The molecule has 0 atom stereocenters. The molecule has 0 amide bonds. The van der Waals surface area contributed by atoms with Crippen LogP contribution >= 0.6 is 11.3 Å². The molecule has 0 aliphatic carbocycles. The highest BCUT2D eigenvalue weighted by Crippen LogP contribution is 2.41. The number of nitrogens with zero attached hydrogens (tertiary/aromatic N) is 2. The molecule has 0 fully saturated rings. The monoisotopic (exact) mass is 716 g/mol. The van der Waals surface area contributed by atoms with Gasteiger partial charge < -0.3 is 9.13 Å². The highest BCUT2D eigenvalue weighted by Gasteiger charge is 2.18. The highest BCUT2D eigenvalue weighted by molar-refractivity contribution is 7.25. The molecular weight excluding hydrogens is 685 g/mol. The van der Waals surface area contributed by atoms with E-state index >= 15 is 0 Å². The summed E-state index contributed by atoms with van der Waals surface area (Å²) in [6.07, 6.45) is 0. The summed E-state index contributed by atoms with van der Waals surface area (Å²) in [5, 5.41) is 10.2. The number of rotatable bonds is 4. The Morgan fingerprint density at radius 2 is 0.836 bits per heavy atom. The second-order valence-electron chi connectivity index (χ2n) is 14.5. The van der Waals surface area contributed by atoms with Crippen LogP contribution in [0.5, 0.6) is 0 Å². The first kappa shape index (κ1) is 30.5. The molecule has 0 saturated heterocycles. The zero-order chi connectivity index (χ0) is 36.0. The number of fused-ring (bicyclic) bond motifs is 10. The van der Waals surface area contributed by atoms with Crippen LogP contribution in [0.1, 0.15) is 0 Å². The second-order valence-corrected chi connectivity index (χ2v) is 15.6. The zero-order valence-electron chi connectivity index (χ0n) is 29.8. The van der Waals surface area contributed by atoms with Gasteiger partial charge in [0.2, 0.25) is 0 Å². The molecule has 3 aromatic heterocycles. The van der Waals surface area contributed by atoms with Gasteiger partial charge in [-0.15, -0.1) is 11.3 Å². The van der Waals surface area contributed by atoms with Crippen LogP contribution in [0.3, 0.4) is 0 Å². The minimum Gasteiger partial charge on any atom is -0.309 e. The van der Waals surface area contributed by atoms with Crippen LogP contribution in [0, 0.1) is 0 Å². The quantitative estimate of drug-likeness (QED) is 0.172. The van der Waals surface area contributed by atoms with E-state index in [1.807, 2.05) is 11.3 Å². The lowest BCUT2D eigenvalue weighted by molar-refractivity contribution is 1.19. The van der Waals surface area contributed by atoms with Gasteiger partial charge in [-0.2, -0.15) is 0 Å². The van der Waals surface area contributed by atoms with E-state index in [1.165, 1.54) is 108 Å². The molecule has 0 bridgehead atoms. The number of hydrogen-bond donors (Lipinski definition) is 0. The molecule has 0 saturated carbocycles. The van der Waals surface area contributed by atoms with E-state index in [1.54, 1.807) is 0 Å². The molecule has 2 nitrogen and oxygen atoms in total. The smallest absolute Gasteiger partial charge is 0.0541 e. The first-order chi connectivity index (χ1) is 27.3. The van der Waals surface area contributed by atoms with Crippen molar-refractivity contribution in [1.29, 1.82) is 0 Å². The standard InChI is InChI=1S/C52H32N2S/c1-2-12-33(13-3-1)44-31-38(28-36-14-4-5-15-39(36)44)54-48-20-10-7-17-41(48)46-30-35(23-27-50(46)54)34-22-26-49-45(29-34)40-16-6-9-19-47(40)53(49)37-24-25-43-42-18-8-11-21-51(42)55-52(43)32-37/h1-32H. The highest BCUT2D eigenvalue weighted by atomic mass is 32.1. The molecule has 55 heavy (non-hydrogen) atoms. The molecule has 256 valence electrons. The van der Waals surface area contributed by atoms with E-state index in [-0.39, 0.29) is 0 Å². The summed E-state index contributed by atoms with van der Waals surface area (Å²) in [5.74, 6) is 0. The Morgan fingerprint density at radius 1 is 0.291 bits per heavy atom. The fourth-order valence-electron chi connectivity index (χ4n) is 9.00. The summed E-state index contributed by atoms with van der Waals surface area (Å²) >= 11 is 1.87. The Balaban J connectivity index is 1.03. The largest absolute Gasteiger partial charge is 0.309 e. The Bertz CT molecular complexity index is 3490. The number of para-hydroxylation sites is 2. The molecule has 0 radical (unpaired) electrons. The van der Waals surface area contributed by atoms with E-state index in [0.29, 0.717) is 0 Å². The Hall–Kier alpha value is -6.94. The lowest BCUT2D eigenvalue weighted by Crippen LogP contribution is -1.95. The number of benzene rings is 9. The van der Waals surface area contributed by atoms with Crippen molar-refractivity contribution < 1.29 is 0 Å². The van der Waals surface area contributed by atoms with Crippen LogP contribution < -0.4 is 0 Å². The lowest BCUT2D eigenvalue weighted by Gasteiger charge is -2.14. The van der Waals surface area contributed by atoms with Gasteiger partial charge in [-0.3, -0.25) is 0 Å². The number of thiophene rings is 1. The van der Waals surface area contributed by atoms with Crippen LogP contribution in [0.2, 0.25) is 0 Å². The summed E-state index contributed by atoms with van der Waals surface area (Å²) in [7, 11) is 0. The summed E-state index contributed by atoms with van der Waals surface area (Å²) < 4.78 is 7.52. The van der Waals surface area contributed by atoms with Crippen LogP contribution in [-0.2, 0) is 0 Å². The Kier molecular flexibility index (Phi) is 6.54. The fraction of sp³-hybridized carbons (Fsp3) is 0. The lowest BCUT2D eigenvalue weighted by atomic mass is 9.97. The minimum atomic E-state index is 1.17. The minimum absolute atomic E-state index is 1.17. The molecule has 0 aliphatic heterocycles. The van der Waals surface area contributed by atoms with Crippen molar-refractivity contribution in [1.82, 2.24) is 9.13 Å². The van der Waals surface area contributed by atoms with Crippen LogP contribution in [0.15, 0.2) is 194 Å². The summed E-state index contributed by atoms with van der Waals surface area (Å²) in [6, 6.07) is 71.5. The maximum atomic E-state index is 2.44. The van der Waals surface area contributed by atoms with Crippen molar-refractivity contribution in [2.45, 2.75) is 0 Å². The van der Waals surface area contributed by atoms with Gasteiger partial charge in [-0.25, -0.2) is 0 Å². The zero-order valence-corrected chi connectivity index (χ0v) is 30.6. The van der Waals surface area contributed by atoms with Gasteiger partial charge in [0.15, 0.2) is 0 Å². The van der Waals surface area contributed by atoms with Gasteiger partial charge in [0.05, 0.1) is 22.1 Å². The van der Waals surface area contributed by atoms with Crippen LogP contribution in [0.4, 0.5) is 0 Å². The van der Waals surface area contributed by atoms with Gasteiger partial charge >= 0.3 is 0 Å². The van der Waals surface area contributed by atoms with Crippen LogP contribution in [-0.4, -0.2) is 9.13 Å². The molecule has 12 rings (SSSR count). The predicted octanol–water partition coefficient (Wildman–Crippen LogP) is 14.7. The van der Waals surface area contributed by atoms with Crippen molar-refractivity contribution in [3.8, 4) is 33.6 Å². The first-order valence-electron chi connectivity index (χ1n) is 18.8. The molecule has 12 aromatic rings. The third-order valence-electron chi connectivity index (χ3n) is 11.5. The molecule has 9 aromatic carbocycles. The number of hydrogen-bond acceptors (Lipinski definition) is 1. The Morgan fingerprint density at radius 3 is 1.55 bits per heavy atom. The SMILES string of the molecule is c1ccc(-c2cc(-n3c4ccccc4c4cc(-c5ccc6c(c5)c5ccccc5n6-c5ccc6c(c5)sc5ccccc56)ccc43)cc3ccccc23)cc1. The van der Waals surface area contributed by atoms with E-state index in [4.69, 9.17) is 0 Å². The van der Waals surface area contributed by atoms with E-state index < -0.39 is 0 Å². The van der Waals surface area contributed by atoms with Crippen LogP contribution in [0.25, 0.3) is 108 Å². The third-order valence-corrected chi connectivity index (χ3v) is 12.6. The van der Waals surface area contributed by atoms with Gasteiger partial charge in [-0.1, -0.05) is 127 Å². The topological polar surface area (TPSA) is 9.86 Å². The maximum absolute atomic E-state index is 2.44. The van der Waals surface area contributed by atoms with Crippen molar-refractivity contribution in [2.75, 3.05) is 0 Å². The van der Waals surface area contributed by atoms with Gasteiger partial charge in [-0.05, 0) is 99.8 Å². The average molecular weight is 717 g/mol. The fourth-order valence-corrected chi connectivity index (χ4v) is 10.1. The second kappa shape index (κ2) is 11.8. The maximum Gasteiger partial charge on any atom is 0.0541 e. The molecule has 0 N–H and O–H groups in total. The Labute approximate surface area is 321 Å². The van der Waals surface area contributed by atoms with Gasteiger partial charge in [0.1, 0.15) is 0 Å². The molecular formula is C52H32N2S. The molecule has 0 aliphatic rings. The van der Waals surface area contributed by atoms with Crippen molar-refractivity contribution in [3.63, 3.8) is 0 Å². The van der Waals surface area contributed by atoms with Gasteiger partial charge in [0, 0.05) is 53.1 Å². The summed E-state index contributed by atoms with van der Waals surface area (Å²) in [6.45, 7) is 0. The van der Waals surface area contributed by atoms with Crippen molar-refractivity contribution >= 4 is 85.9 Å². The molecule has 0 spiro atoms. The summed E-state index contributed by atoms with van der Waals surface area (Å²) in [5.41, 5.74) is 12.1. The van der Waals surface area contributed by atoms with Crippen molar-refractivity contribution in [3.05, 3.63) is 194 Å². The molecule has 0 unspecified atom stereocenters. The normalized spacial score (nSPS) is 12.0. The average Bonchev–Trinajstić information content (AvgIpc) is 3.90. The predicted molar refractivity (Wildman–Crippen MR) is 236 cm³/mol. The third kappa shape index (κ3) is 4.60. The van der Waals surface area contributed by atoms with Crippen molar-refractivity contribution in [2.24, 2.45) is 0 Å². The summed E-state index contributed by atoms with van der Waals surface area (Å²) in [4.78, 5) is 0. The van der Waals surface area contributed by atoms with E-state index in [2.05, 4.69) is 203 Å². The molecule has 3 heteroatoms.